The number of halogens is 2. The number of aliphatic imine (C=N–C) groups is 1. The van der Waals surface area contributed by atoms with E-state index in [0.717, 1.165) is 24.1 Å². The Balaban J connectivity index is 2.56. The summed E-state index contributed by atoms with van der Waals surface area (Å²) < 4.78 is 0. The fourth-order valence-electron chi connectivity index (χ4n) is 2.09. The van der Waals surface area contributed by atoms with E-state index in [-0.39, 0.29) is 5.41 Å². The first-order valence-electron chi connectivity index (χ1n) is 5.10. The van der Waals surface area contributed by atoms with Crippen molar-refractivity contribution in [2.45, 2.75) is 26.7 Å². The second-order valence-corrected chi connectivity index (χ2v) is 4.90. The summed E-state index contributed by atoms with van der Waals surface area (Å²) in [5, 5.41) is 1.26. The number of hydrogen-bond donors (Lipinski definition) is 0. The normalized spacial score (nSPS) is 29.9. The molecule has 3 heteroatoms. The standard InChI is InChI=1S/C12H13Cl2N/c1-3-8-7-12(2)6-4-5-9(13)10(12)11(14)15-8/h4-5,7H,3,6H2,1-2H3. The summed E-state index contributed by atoms with van der Waals surface area (Å²) in [4.78, 5) is 4.35. The van der Waals surface area contributed by atoms with Gasteiger partial charge in [-0.15, -0.1) is 0 Å². The largest absolute Gasteiger partial charge is 0.241 e. The highest BCUT2D eigenvalue weighted by atomic mass is 35.5. The first-order valence-corrected chi connectivity index (χ1v) is 5.85. The van der Waals surface area contributed by atoms with Crippen molar-refractivity contribution in [3.63, 3.8) is 0 Å². The molecule has 0 aromatic heterocycles. The van der Waals surface area contributed by atoms with Gasteiger partial charge in [-0.2, -0.15) is 0 Å². The lowest BCUT2D eigenvalue weighted by Gasteiger charge is -2.34. The molecular formula is C12H13Cl2N. The molecule has 1 unspecified atom stereocenters. The van der Waals surface area contributed by atoms with E-state index < -0.39 is 0 Å². The summed E-state index contributed by atoms with van der Waals surface area (Å²) in [5.41, 5.74) is 1.94. The Morgan fingerprint density at radius 2 is 2.20 bits per heavy atom. The van der Waals surface area contributed by atoms with E-state index in [9.17, 15) is 0 Å². The smallest absolute Gasteiger partial charge is 0.134 e. The van der Waals surface area contributed by atoms with Crippen LogP contribution < -0.4 is 0 Å². The van der Waals surface area contributed by atoms with Gasteiger partial charge in [0.05, 0.1) is 0 Å². The van der Waals surface area contributed by atoms with Crippen LogP contribution >= 0.6 is 23.2 Å². The zero-order valence-corrected chi connectivity index (χ0v) is 10.4. The van der Waals surface area contributed by atoms with Gasteiger partial charge in [0, 0.05) is 21.7 Å². The molecule has 1 aliphatic heterocycles. The molecule has 0 saturated carbocycles. The number of allylic oxidation sites excluding steroid dienone is 6. The molecule has 0 N–H and O–H groups in total. The van der Waals surface area contributed by atoms with E-state index in [1.807, 2.05) is 6.08 Å². The Morgan fingerprint density at radius 1 is 1.47 bits per heavy atom. The van der Waals surface area contributed by atoms with Crippen LogP contribution in [0, 0.1) is 5.41 Å². The molecule has 0 saturated heterocycles. The van der Waals surface area contributed by atoms with Gasteiger partial charge in [0.2, 0.25) is 0 Å². The second kappa shape index (κ2) is 3.80. The van der Waals surface area contributed by atoms with Gasteiger partial charge in [-0.05, 0) is 18.9 Å². The van der Waals surface area contributed by atoms with Gasteiger partial charge in [-0.1, -0.05) is 49.2 Å². The minimum atomic E-state index is -0.0734. The monoisotopic (exact) mass is 241 g/mol. The van der Waals surface area contributed by atoms with E-state index in [1.165, 1.54) is 0 Å². The van der Waals surface area contributed by atoms with Gasteiger partial charge in [-0.25, -0.2) is 4.99 Å². The van der Waals surface area contributed by atoms with E-state index in [4.69, 9.17) is 23.2 Å². The summed E-state index contributed by atoms with van der Waals surface area (Å²) in [6.07, 6.45) is 8.01. The third-order valence-electron chi connectivity index (χ3n) is 2.91. The lowest BCUT2D eigenvalue weighted by molar-refractivity contribution is 0.525. The molecule has 1 heterocycles. The zero-order valence-electron chi connectivity index (χ0n) is 8.85. The zero-order chi connectivity index (χ0) is 11.1. The topological polar surface area (TPSA) is 12.4 Å². The predicted octanol–water partition coefficient (Wildman–Crippen LogP) is 4.39. The highest BCUT2D eigenvalue weighted by molar-refractivity contribution is 6.70. The van der Waals surface area contributed by atoms with Crippen molar-refractivity contribution in [1.29, 1.82) is 0 Å². The molecule has 1 aliphatic carbocycles. The van der Waals surface area contributed by atoms with E-state index in [2.05, 4.69) is 31.0 Å². The Bertz CT molecular complexity index is 415. The van der Waals surface area contributed by atoms with Gasteiger partial charge in [-0.3, -0.25) is 0 Å². The molecular weight excluding hydrogens is 229 g/mol. The Morgan fingerprint density at radius 3 is 2.87 bits per heavy atom. The molecule has 0 spiro atoms. The van der Waals surface area contributed by atoms with Gasteiger partial charge in [0.15, 0.2) is 0 Å². The van der Waals surface area contributed by atoms with Crippen molar-refractivity contribution in [1.82, 2.24) is 0 Å². The van der Waals surface area contributed by atoms with Crippen LogP contribution in [0.25, 0.3) is 0 Å². The maximum absolute atomic E-state index is 6.18. The average Bonchev–Trinajstić information content (AvgIpc) is 2.15. The van der Waals surface area contributed by atoms with Crippen LogP contribution in [0.15, 0.2) is 39.5 Å². The Hall–Kier alpha value is -0.530. The van der Waals surface area contributed by atoms with E-state index >= 15 is 0 Å². The van der Waals surface area contributed by atoms with Crippen LogP contribution in [0.5, 0.6) is 0 Å². The van der Waals surface area contributed by atoms with Crippen molar-refractivity contribution in [3.8, 4) is 0 Å². The van der Waals surface area contributed by atoms with Crippen LogP contribution in [-0.4, -0.2) is 5.17 Å². The molecule has 0 radical (unpaired) electrons. The van der Waals surface area contributed by atoms with Crippen molar-refractivity contribution in [2.24, 2.45) is 10.4 Å². The van der Waals surface area contributed by atoms with Crippen molar-refractivity contribution >= 4 is 28.4 Å². The van der Waals surface area contributed by atoms with E-state index in [1.54, 1.807) is 0 Å². The number of fused-ring (bicyclic) bond motifs is 1. The van der Waals surface area contributed by atoms with Gasteiger partial charge in [0.1, 0.15) is 5.17 Å². The van der Waals surface area contributed by atoms with Crippen molar-refractivity contribution < 1.29 is 0 Å². The molecule has 80 valence electrons. The Labute approximate surface area is 100 Å². The van der Waals surface area contributed by atoms with Crippen molar-refractivity contribution in [2.75, 3.05) is 0 Å². The van der Waals surface area contributed by atoms with Crippen LogP contribution in [0.2, 0.25) is 0 Å². The average molecular weight is 242 g/mol. The summed E-state index contributed by atoms with van der Waals surface area (Å²) in [6, 6.07) is 0. The Kier molecular flexibility index (Phi) is 2.78. The SMILES string of the molecule is CCC1=CC2(C)CC=CC(Cl)=C2C(Cl)=N1. The first-order chi connectivity index (χ1) is 7.07. The second-order valence-electron chi connectivity index (χ2n) is 4.14. The predicted molar refractivity (Wildman–Crippen MR) is 66.4 cm³/mol. The van der Waals surface area contributed by atoms with Gasteiger partial charge >= 0.3 is 0 Å². The highest BCUT2D eigenvalue weighted by Crippen LogP contribution is 2.45. The number of rotatable bonds is 1. The quantitative estimate of drug-likeness (QED) is 0.646. The fourth-order valence-corrected chi connectivity index (χ4v) is 2.96. The maximum atomic E-state index is 6.18. The molecule has 15 heavy (non-hydrogen) atoms. The molecule has 0 aromatic rings. The lowest BCUT2D eigenvalue weighted by Crippen LogP contribution is -2.26. The molecule has 2 rings (SSSR count). The molecule has 2 aliphatic rings. The summed E-state index contributed by atoms with van der Waals surface area (Å²) >= 11 is 12.3. The van der Waals surface area contributed by atoms with Crippen LogP contribution in [0.3, 0.4) is 0 Å². The van der Waals surface area contributed by atoms with Crippen LogP contribution in [0.1, 0.15) is 26.7 Å². The minimum Gasteiger partial charge on any atom is -0.241 e. The molecule has 1 atom stereocenters. The molecule has 0 bridgehead atoms. The van der Waals surface area contributed by atoms with Gasteiger partial charge in [0.25, 0.3) is 0 Å². The third kappa shape index (κ3) is 1.79. The fraction of sp³-hybridized carbons (Fsp3) is 0.417. The highest BCUT2D eigenvalue weighted by Gasteiger charge is 2.35. The minimum absolute atomic E-state index is 0.0734. The van der Waals surface area contributed by atoms with Crippen LogP contribution in [0.4, 0.5) is 0 Å². The summed E-state index contributed by atoms with van der Waals surface area (Å²) in [6.45, 7) is 4.23. The molecule has 1 nitrogen and oxygen atoms in total. The third-order valence-corrected chi connectivity index (χ3v) is 3.50. The van der Waals surface area contributed by atoms with Gasteiger partial charge < -0.3 is 0 Å². The number of hydrogen-bond acceptors (Lipinski definition) is 1. The molecule has 0 fully saturated rings. The van der Waals surface area contributed by atoms with Crippen molar-refractivity contribution in [3.05, 3.63) is 34.5 Å². The molecule has 0 aromatic carbocycles. The molecule has 0 amide bonds. The first kappa shape index (κ1) is 11.0. The van der Waals surface area contributed by atoms with E-state index in [0.29, 0.717) is 10.2 Å². The van der Waals surface area contributed by atoms with Crippen LogP contribution in [-0.2, 0) is 0 Å². The summed E-state index contributed by atoms with van der Waals surface area (Å²) in [5.74, 6) is 0. The summed E-state index contributed by atoms with van der Waals surface area (Å²) in [7, 11) is 0. The maximum Gasteiger partial charge on any atom is 0.134 e. The number of nitrogens with zero attached hydrogens (tertiary/aromatic N) is 1. The lowest BCUT2D eigenvalue weighted by atomic mass is 9.74.